The fraction of sp³-hybridized carbons (Fsp3) is 0.913. The molecule has 28 heavy (non-hydrogen) atoms. The SMILES string of the molecule is O=C(CC1CCCC1)NC1CCC(C(=O)NCCNC2CCCCCC2)CC1. The first-order chi connectivity index (χ1) is 13.7. The zero-order valence-corrected chi connectivity index (χ0v) is 17.6. The molecule has 3 fully saturated rings. The predicted octanol–water partition coefficient (Wildman–Crippen LogP) is 3.67. The van der Waals surface area contributed by atoms with Crippen molar-refractivity contribution in [3.05, 3.63) is 0 Å². The summed E-state index contributed by atoms with van der Waals surface area (Å²) in [6.07, 6.45) is 17.4. The Bertz CT molecular complexity index is 474. The minimum atomic E-state index is 0.126. The van der Waals surface area contributed by atoms with E-state index in [0.717, 1.165) is 38.8 Å². The molecule has 3 saturated carbocycles. The van der Waals surface area contributed by atoms with E-state index in [4.69, 9.17) is 0 Å². The zero-order valence-electron chi connectivity index (χ0n) is 17.6. The molecule has 0 aromatic rings. The maximum atomic E-state index is 12.4. The van der Waals surface area contributed by atoms with Gasteiger partial charge in [0, 0.05) is 37.5 Å². The smallest absolute Gasteiger partial charge is 0.223 e. The van der Waals surface area contributed by atoms with Crippen molar-refractivity contribution >= 4 is 11.8 Å². The van der Waals surface area contributed by atoms with Gasteiger partial charge in [-0.05, 0) is 57.3 Å². The second-order valence-electron chi connectivity index (χ2n) is 9.40. The molecule has 0 bridgehead atoms. The predicted molar refractivity (Wildman–Crippen MR) is 113 cm³/mol. The van der Waals surface area contributed by atoms with Crippen molar-refractivity contribution in [1.82, 2.24) is 16.0 Å². The average Bonchev–Trinajstić information content (AvgIpc) is 3.06. The lowest BCUT2D eigenvalue weighted by molar-refractivity contribution is -0.126. The van der Waals surface area contributed by atoms with Gasteiger partial charge >= 0.3 is 0 Å². The number of amides is 2. The molecule has 0 radical (unpaired) electrons. The molecule has 0 aliphatic heterocycles. The lowest BCUT2D eigenvalue weighted by atomic mass is 9.85. The molecule has 3 aliphatic carbocycles. The number of rotatable bonds is 8. The highest BCUT2D eigenvalue weighted by Gasteiger charge is 2.27. The van der Waals surface area contributed by atoms with Gasteiger partial charge in [0.1, 0.15) is 0 Å². The first-order valence-corrected chi connectivity index (χ1v) is 12.0. The van der Waals surface area contributed by atoms with Gasteiger partial charge < -0.3 is 16.0 Å². The minimum absolute atomic E-state index is 0.126. The average molecular weight is 392 g/mol. The molecule has 0 unspecified atom stereocenters. The Labute approximate surface area is 171 Å². The summed E-state index contributed by atoms with van der Waals surface area (Å²) in [6, 6.07) is 0.914. The van der Waals surface area contributed by atoms with Crippen molar-refractivity contribution < 1.29 is 9.59 Å². The van der Waals surface area contributed by atoms with Crippen LogP contribution in [-0.2, 0) is 9.59 Å². The highest BCUT2D eigenvalue weighted by atomic mass is 16.2. The molecule has 3 aliphatic rings. The first-order valence-electron chi connectivity index (χ1n) is 12.0. The number of hydrogen-bond donors (Lipinski definition) is 3. The molecule has 0 aromatic heterocycles. The Morgan fingerprint density at radius 3 is 2.00 bits per heavy atom. The third kappa shape index (κ3) is 7.38. The van der Waals surface area contributed by atoms with Gasteiger partial charge in [-0.25, -0.2) is 0 Å². The number of carbonyl (C=O) groups excluding carboxylic acids is 2. The lowest BCUT2D eigenvalue weighted by Gasteiger charge is -2.29. The van der Waals surface area contributed by atoms with Gasteiger partial charge in [0.2, 0.25) is 11.8 Å². The van der Waals surface area contributed by atoms with E-state index < -0.39 is 0 Å². The summed E-state index contributed by atoms with van der Waals surface area (Å²) in [6.45, 7) is 1.61. The van der Waals surface area contributed by atoms with Crippen LogP contribution in [0.3, 0.4) is 0 Å². The highest BCUT2D eigenvalue weighted by Crippen LogP contribution is 2.28. The molecule has 0 saturated heterocycles. The minimum Gasteiger partial charge on any atom is -0.355 e. The Hall–Kier alpha value is -1.10. The Balaban J connectivity index is 1.24. The summed E-state index contributed by atoms with van der Waals surface area (Å²) >= 11 is 0. The van der Waals surface area contributed by atoms with E-state index in [1.807, 2.05) is 0 Å². The van der Waals surface area contributed by atoms with E-state index in [-0.39, 0.29) is 23.8 Å². The van der Waals surface area contributed by atoms with E-state index >= 15 is 0 Å². The molecule has 5 heteroatoms. The van der Waals surface area contributed by atoms with Crippen molar-refractivity contribution in [3.8, 4) is 0 Å². The van der Waals surface area contributed by atoms with E-state index in [9.17, 15) is 9.59 Å². The van der Waals surface area contributed by atoms with Crippen LogP contribution in [0.25, 0.3) is 0 Å². The van der Waals surface area contributed by atoms with Crippen molar-refractivity contribution in [3.63, 3.8) is 0 Å². The third-order valence-electron chi connectivity index (χ3n) is 7.12. The Kier molecular flexibility index (Phi) is 9.10. The molecule has 5 nitrogen and oxygen atoms in total. The topological polar surface area (TPSA) is 70.2 Å². The monoisotopic (exact) mass is 391 g/mol. The van der Waals surface area contributed by atoms with Crippen LogP contribution in [0.4, 0.5) is 0 Å². The van der Waals surface area contributed by atoms with E-state index in [1.54, 1.807) is 0 Å². The van der Waals surface area contributed by atoms with E-state index in [2.05, 4.69) is 16.0 Å². The fourth-order valence-corrected chi connectivity index (χ4v) is 5.35. The van der Waals surface area contributed by atoms with E-state index in [0.29, 0.717) is 18.4 Å². The molecule has 2 amide bonds. The molecular formula is C23H41N3O2. The lowest BCUT2D eigenvalue weighted by Crippen LogP contribution is -2.43. The first kappa shape index (κ1) is 21.6. The van der Waals surface area contributed by atoms with Gasteiger partial charge in [0.25, 0.3) is 0 Å². The molecule has 160 valence electrons. The normalized spacial score (nSPS) is 27.3. The van der Waals surface area contributed by atoms with Crippen LogP contribution < -0.4 is 16.0 Å². The van der Waals surface area contributed by atoms with Crippen molar-refractivity contribution in [2.75, 3.05) is 13.1 Å². The highest BCUT2D eigenvalue weighted by molar-refractivity contribution is 5.79. The van der Waals surface area contributed by atoms with Crippen LogP contribution >= 0.6 is 0 Å². The molecule has 0 heterocycles. The molecule has 3 N–H and O–H groups in total. The summed E-state index contributed by atoms with van der Waals surface area (Å²) in [7, 11) is 0. The molecule has 0 aromatic carbocycles. The molecule has 0 spiro atoms. The van der Waals surface area contributed by atoms with Crippen LogP contribution in [-0.4, -0.2) is 37.0 Å². The quantitative estimate of drug-likeness (QED) is 0.437. The maximum absolute atomic E-state index is 12.4. The van der Waals surface area contributed by atoms with Crippen LogP contribution in [0.1, 0.15) is 96.3 Å². The fourth-order valence-electron chi connectivity index (χ4n) is 5.35. The third-order valence-corrected chi connectivity index (χ3v) is 7.12. The van der Waals surface area contributed by atoms with Crippen LogP contribution in [0.15, 0.2) is 0 Å². The summed E-state index contributed by atoms with van der Waals surface area (Å²) in [5.41, 5.74) is 0. The number of hydrogen-bond acceptors (Lipinski definition) is 3. The number of nitrogens with one attached hydrogen (secondary N) is 3. The van der Waals surface area contributed by atoms with Crippen LogP contribution in [0, 0.1) is 11.8 Å². The van der Waals surface area contributed by atoms with Crippen molar-refractivity contribution in [2.24, 2.45) is 11.8 Å². The van der Waals surface area contributed by atoms with Gasteiger partial charge in [-0.3, -0.25) is 9.59 Å². The standard InChI is InChI=1S/C23H41N3O2/c27-22(17-18-7-5-6-8-18)26-21-13-11-19(12-14-21)23(28)25-16-15-24-20-9-3-1-2-4-10-20/h18-21,24H,1-17H2,(H,25,28)(H,26,27). The Morgan fingerprint density at radius 1 is 0.679 bits per heavy atom. The number of carbonyl (C=O) groups is 2. The summed E-state index contributed by atoms with van der Waals surface area (Å²) in [5, 5.41) is 9.96. The largest absolute Gasteiger partial charge is 0.355 e. The van der Waals surface area contributed by atoms with Gasteiger partial charge in [0.05, 0.1) is 0 Å². The molecule has 3 rings (SSSR count). The van der Waals surface area contributed by atoms with E-state index in [1.165, 1.54) is 64.2 Å². The van der Waals surface area contributed by atoms with Crippen LogP contribution in [0.2, 0.25) is 0 Å². The summed E-state index contributed by atoms with van der Waals surface area (Å²) in [4.78, 5) is 24.6. The van der Waals surface area contributed by atoms with Crippen molar-refractivity contribution in [1.29, 1.82) is 0 Å². The maximum Gasteiger partial charge on any atom is 0.223 e. The van der Waals surface area contributed by atoms with Gasteiger partial charge in [-0.1, -0.05) is 38.5 Å². The molecule has 0 atom stereocenters. The van der Waals surface area contributed by atoms with Crippen molar-refractivity contribution in [2.45, 2.75) is 108 Å². The van der Waals surface area contributed by atoms with Crippen LogP contribution in [0.5, 0.6) is 0 Å². The van der Waals surface area contributed by atoms with Gasteiger partial charge in [0.15, 0.2) is 0 Å². The molecular weight excluding hydrogens is 350 g/mol. The second kappa shape index (κ2) is 11.8. The van der Waals surface area contributed by atoms with Gasteiger partial charge in [-0.2, -0.15) is 0 Å². The second-order valence-corrected chi connectivity index (χ2v) is 9.40. The zero-order chi connectivity index (χ0) is 19.6. The van der Waals surface area contributed by atoms with Gasteiger partial charge in [-0.15, -0.1) is 0 Å². The summed E-state index contributed by atoms with van der Waals surface area (Å²) < 4.78 is 0. The Morgan fingerprint density at radius 2 is 1.32 bits per heavy atom. The summed E-state index contributed by atoms with van der Waals surface area (Å²) in [5.74, 6) is 1.16.